The first-order valence-corrected chi connectivity index (χ1v) is 7.70. The van der Waals surface area contributed by atoms with Crippen LogP contribution in [0.3, 0.4) is 0 Å². The van der Waals surface area contributed by atoms with Crippen molar-refractivity contribution in [2.75, 3.05) is 6.54 Å². The third kappa shape index (κ3) is 2.95. The van der Waals surface area contributed by atoms with Gasteiger partial charge in [0.1, 0.15) is 11.0 Å². The minimum atomic E-state index is -3.69. The summed E-state index contributed by atoms with van der Waals surface area (Å²) >= 11 is 0. The van der Waals surface area contributed by atoms with E-state index in [4.69, 9.17) is 11.0 Å². The largest absolute Gasteiger partial charge is 0.329 e. The van der Waals surface area contributed by atoms with Crippen molar-refractivity contribution in [3.8, 4) is 6.07 Å². The Balaban J connectivity index is 2.34. The lowest BCUT2D eigenvalue weighted by atomic mass is 10.1. The Labute approximate surface area is 113 Å². The Morgan fingerprint density at radius 2 is 2.21 bits per heavy atom. The van der Waals surface area contributed by atoms with Crippen LogP contribution >= 0.6 is 0 Å². The fraction of sp³-hybridized carbons (Fsp3) is 0.462. The van der Waals surface area contributed by atoms with E-state index in [0.717, 1.165) is 12.8 Å². The molecule has 0 bridgehead atoms. The van der Waals surface area contributed by atoms with Gasteiger partial charge in [-0.25, -0.2) is 13.1 Å². The van der Waals surface area contributed by atoms with Gasteiger partial charge in [0.2, 0.25) is 10.0 Å². The summed E-state index contributed by atoms with van der Waals surface area (Å²) in [4.78, 5) is 0.0362. The molecule has 19 heavy (non-hydrogen) atoms. The predicted octanol–water partition coefficient (Wildman–Crippen LogP) is 0.882. The van der Waals surface area contributed by atoms with Crippen molar-refractivity contribution in [2.45, 2.75) is 30.7 Å². The van der Waals surface area contributed by atoms with E-state index in [0.29, 0.717) is 11.5 Å². The van der Waals surface area contributed by atoms with Crippen LogP contribution in [0.15, 0.2) is 23.1 Å². The monoisotopic (exact) mass is 279 g/mol. The standard InChI is InChI=1S/C13H17N3O2S/c1-9-3-2-4-13(11(9)7-14)19(17,18)16-12(8-15)10-5-6-10/h2-4,10,12,16H,5-6,8,15H2,1H3. The zero-order chi connectivity index (χ0) is 14.0. The maximum absolute atomic E-state index is 12.3. The number of nitrogens with zero attached hydrogens (tertiary/aromatic N) is 1. The first-order valence-electron chi connectivity index (χ1n) is 6.21. The van der Waals surface area contributed by atoms with Gasteiger partial charge >= 0.3 is 0 Å². The van der Waals surface area contributed by atoms with E-state index in [-0.39, 0.29) is 23.0 Å². The van der Waals surface area contributed by atoms with Gasteiger partial charge in [-0.3, -0.25) is 0 Å². The molecule has 0 radical (unpaired) electrons. The highest BCUT2D eigenvalue weighted by molar-refractivity contribution is 7.89. The number of nitrogens with two attached hydrogens (primary N) is 1. The van der Waals surface area contributed by atoms with Crippen LogP contribution in [0.4, 0.5) is 0 Å². The molecule has 5 nitrogen and oxygen atoms in total. The fourth-order valence-electron chi connectivity index (χ4n) is 2.11. The second-order valence-corrected chi connectivity index (χ2v) is 6.54. The summed E-state index contributed by atoms with van der Waals surface area (Å²) < 4.78 is 27.3. The Hall–Kier alpha value is -1.42. The van der Waals surface area contributed by atoms with E-state index in [1.165, 1.54) is 6.07 Å². The summed E-state index contributed by atoms with van der Waals surface area (Å²) in [6, 6.07) is 6.53. The molecule has 1 aromatic carbocycles. The van der Waals surface area contributed by atoms with E-state index in [9.17, 15) is 8.42 Å². The SMILES string of the molecule is Cc1cccc(S(=O)(=O)NC(CN)C2CC2)c1C#N. The van der Waals surface area contributed by atoms with Gasteiger partial charge in [-0.1, -0.05) is 12.1 Å². The predicted molar refractivity (Wildman–Crippen MR) is 71.8 cm³/mol. The number of hydrogen-bond acceptors (Lipinski definition) is 4. The Bertz CT molecular complexity index is 615. The Morgan fingerprint density at radius 1 is 1.53 bits per heavy atom. The summed E-state index contributed by atoms with van der Waals surface area (Å²) in [6.07, 6.45) is 2.01. The highest BCUT2D eigenvalue weighted by Crippen LogP contribution is 2.33. The molecule has 0 spiro atoms. The van der Waals surface area contributed by atoms with Crippen LogP contribution in [0, 0.1) is 24.2 Å². The van der Waals surface area contributed by atoms with Crippen LogP contribution < -0.4 is 10.5 Å². The van der Waals surface area contributed by atoms with E-state index >= 15 is 0 Å². The van der Waals surface area contributed by atoms with Crippen molar-refractivity contribution >= 4 is 10.0 Å². The molecule has 1 aliphatic rings. The number of nitrogens with one attached hydrogen (secondary N) is 1. The highest BCUT2D eigenvalue weighted by atomic mass is 32.2. The van der Waals surface area contributed by atoms with Gasteiger partial charge in [-0.15, -0.1) is 0 Å². The molecule has 6 heteroatoms. The van der Waals surface area contributed by atoms with E-state index in [1.54, 1.807) is 19.1 Å². The zero-order valence-electron chi connectivity index (χ0n) is 10.8. The van der Waals surface area contributed by atoms with Crippen molar-refractivity contribution in [1.82, 2.24) is 4.72 Å². The second kappa shape index (κ2) is 5.29. The lowest BCUT2D eigenvalue weighted by molar-refractivity contribution is 0.519. The molecule has 0 amide bonds. The highest BCUT2D eigenvalue weighted by Gasteiger charge is 2.34. The van der Waals surface area contributed by atoms with Gasteiger partial charge in [0.05, 0.1) is 5.56 Å². The topological polar surface area (TPSA) is 96.0 Å². The summed E-state index contributed by atoms with van der Waals surface area (Å²) in [5.41, 5.74) is 6.46. The number of sulfonamides is 1. The third-order valence-corrected chi connectivity index (χ3v) is 4.92. The molecule has 0 aliphatic heterocycles. The van der Waals surface area contributed by atoms with Crippen LogP contribution in [0.1, 0.15) is 24.0 Å². The first kappa shape index (κ1) is 14.0. The van der Waals surface area contributed by atoms with Crippen molar-refractivity contribution in [1.29, 1.82) is 5.26 Å². The van der Waals surface area contributed by atoms with E-state index in [2.05, 4.69) is 4.72 Å². The molecule has 0 heterocycles. The summed E-state index contributed by atoms with van der Waals surface area (Å²) in [6.45, 7) is 2.00. The smallest absolute Gasteiger partial charge is 0.242 e. The molecule has 2 rings (SSSR count). The minimum Gasteiger partial charge on any atom is -0.329 e. The normalized spacial score (nSPS) is 16.9. The van der Waals surface area contributed by atoms with Gasteiger partial charge in [0, 0.05) is 12.6 Å². The van der Waals surface area contributed by atoms with Gasteiger partial charge in [0.25, 0.3) is 0 Å². The Kier molecular flexibility index (Phi) is 3.90. The van der Waals surface area contributed by atoms with Crippen molar-refractivity contribution in [3.05, 3.63) is 29.3 Å². The molecule has 3 N–H and O–H groups in total. The van der Waals surface area contributed by atoms with Crippen molar-refractivity contribution < 1.29 is 8.42 Å². The number of benzene rings is 1. The quantitative estimate of drug-likeness (QED) is 0.836. The van der Waals surface area contributed by atoms with Gasteiger partial charge < -0.3 is 5.73 Å². The average molecular weight is 279 g/mol. The lowest BCUT2D eigenvalue weighted by Crippen LogP contribution is -2.41. The fourth-order valence-corrected chi connectivity index (χ4v) is 3.65. The molecule has 1 aromatic rings. The lowest BCUT2D eigenvalue weighted by Gasteiger charge is -2.17. The molecule has 1 fully saturated rings. The summed E-state index contributed by atoms with van der Waals surface area (Å²) in [5.74, 6) is 0.329. The van der Waals surface area contributed by atoms with Crippen molar-refractivity contribution in [2.24, 2.45) is 11.7 Å². The molecular weight excluding hydrogens is 262 g/mol. The number of hydrogen-bond donors (Lipinski definition) is 2. The third-order valence-electron chi connectivity index (χ3n) is 3.39. The number of aryl methyl sites for hydroxylation is 1. The maximum atomic E-state index is 12.3. The molecule has 1 unspecified atom stereocenters. The summed E-state index contributed by atoms with van der Waals surface area (Å²) in [7, 11) is -3.69. The second-order valence-electron chi connectivity index (χ2n) is 4.86. The molecule has 0 saturated heterocycles. The van der Waals surface area contributed by atoms with E-state index in [1.807, 2.05) is 6.07 Å². The molecule has 102 valence electrons. The molecule has 0 aromatic heterocycles. The first-order chi connectivity index (χ1) is 8.99. The minimum absolute atomic E-state index is 0.0362. The van der Waals surface area contributed by atoms with Gasteiger partial charge in [-0.05, 0) is 37.3 Å². The van der Waals surface area contributed by atoms with Crippen LogP contribution in [0.5, 0.6) is 0 Å². The van der Waals surface area contributed by atoms with Crippen LogP contribution in [0.2, 0.25) is 0 Å². The van der Waals surface area contributed by atoms with E-state index < -0.39 is 10.0 Å². The van der Waals surface area contributed by atoms with Gasteiger partial charge in [0.15, 0.2) is 0 Å². The molecule has 1 saturated carbocycles. The molecule has 1 aliphatic carbocycles. The van der Waals surface area contributed by atoms with Crippen molar-refractivity contribution in [3.63, 3.8) is 0 Å². The number of rotatable bonds is 5. The molecular formula is C13H17N3O2S. The van der Waals surface area contributed by atoms with Gasteiger partial charge in [-0.2, -0.15) is 5.26 Å². The van der Waals surface area contributed by atoms with Crippen LogP contribution in [0.25, 0.3) is 0 Å². The average Bonchev–Trinajstić information content (AvgIpc) is 3.20. The summed E-state index contributed by atoms with van der Waals surface area (Å²) in [5, 5.41) is 9.11. The Morgan fingerprint density at radius 3 is 2.74 bits per heavy atom. The number of nitriles is 1. The zero-order valence-corrected chi connectivity index (χ0v) is 11.6. The van der Waals surface area contributed by atoms with Crippen LogP contribution in [-0.2, 0) is 10.0 Å². The maximum Gasteiger partial charge on any atom is 0.242 e. The van der Waals surface area contributed by atoms with Crippen LogP contribution in [-0.4, -0.2) is 21.0 Å². The molecule has 1 atom stereocenters.